The summed E-state index contributed by atoms with van der Waals surface area (Å²) in [5, 5.41) is 12.8. The van der Waals surface area contributed by atoms with Crippen molar-refractivity contribution in [3.8, 4) is 0 Å². The van der Waals surface area contributed by atoms with Crippen molar-refractivity contribution in [2.75, 3.05) is 0 Å². The number of carboxylic acids is 1. The van der Waals surface area contributed by atoms with Crippen LogP contribution in [-0.2, 0) is 4.79 Å². The highest BCUT2D eigenvalue weighted by Gasteiger charge is 2.42. The fourth-order valence-corrected chi connectivity index (χ4v) is 3.26. The van der Waals surface area contributed by atoms with Gasteiger partial charge < -0.3 is 10.4 Å². The summed E-state index contributed by atoms with van der Waals surface area (Å²) in [4.78, 5) is 28.6. The number of hydrogen-bond acceptors (Lipinski definition) is 3. The monoisotopic (exact) mass is 330 g/mol. The van der Waals surface area contributed by atoms with Crippen LogP contribution in [0.15, 0.2) is 30.5 Å². The van der Waals surface area contributed by atoms with E-state index in [1.54, 1.807) is 12.1 Å². The van der Waals surface area contributed by atoms with Crippen molar-refractivity contribution in [3.63, 3.8) is 0 Å². The van der Waals surface area contributed by atoms with E-state index in [-0.39, 0.29) is 5.56 Å². The first kappa shape index (κ1) is 16.4. The van der Waals surface area contributed by atoms with E-state index in [9.17, 15) is 19.1 Å². The van der Waals surface area contributed by atoms with Crippen molar-refractivity contribution in [1.29, 1.82) is 0 Å². The molecule has 2 aromatic rings. The van der Waals surface area contributed by atoms with Gasteiger partial charge in [-0.05, 0) is 49.8 Å². The number of benzene rings is 1. The Kier molecular flexibility index (Phi) is 4.22. The number of hydrogen-bond donors (Lipinski definition) is 2. The molecule has 0 atom stereocenters. The number of amides is 1. The van der Waals surface area contributed by atoms with E-state index in [2.05, 4.69) is 17.2 Å². The second-order valence-electron chi connectivity index (χ2n) is 6.55. The van der Waals surface area contributed by atoms with Gasteiger partial charge in [-0.2, -0.15) is 0 Å². The lowest BCUT2D eigenvalue weighted by Gasteiger charge is -2.36. The number of carbonyl (C=O) groups is 2. The van der Waals surface area contributed by atoms with Crippen LogP contribution in [0.25, 0.3) is 10.9 Å². The van der Waals surface area contributed by atoms with E-state index in [1.165, 1.54) is 12.3 Å². The van der Waals surface area contributed by atoms with Gasteiger partial charge in [-0.3, -0.25) is 9.78 Å². The molecule has 0 spiro atoms. The lowest BCUT2D eigenvalue weighted by atomic mass is 9.77. The van der Waals surface area contributed by atoms with Crippen LogP contribution < -0.4 is 5.32 Å². The van der Waals surface area contributed by atoms with Crippen LogP contribution in [0.4, 0.5) is 4.39 Å². The Morgan fingerprint density at radius 1 is 1.33 bits per heavy atom. The first-order valence-electron chi connectivity index (χ1n) is 8.01. The maximum absolute atomic E-state index is 13.8. The third-order valence-electron chi connectivity index (χ3n) is 4.80. The first-order valence-corrected chi connectivity index (χ1v) is 8.01. The summed E-state index contributed by atoms with van der Waals surface area (Å²) in [6.45, 7) is 2.07. The molecule has 1 aromatic carbocycles. The minimum atomic E-state index is -1.29. The lowest BCUT2D eigenvalue weighted by molar-refractivity contribution is -0.146. The van der Waals surface area contributed by atoms with E-state index in [0.717, 1.165) is 18.9 Å². The topological polar surface area (TPSA) is 79.3 Å². The van der Waals surface area contributed by atoms with E-state index in [4.69, 9.17) is 0 Å². The minimum absolute atomic E-state index is 0.0600. The molecule has 0 radical (unpaired) electrons. The zero-order valence-corrected chi connectivity index (χ0v) is 13.4. The van der Waals surface area contributed by atoms with Crippen molar-refractivity contribution in [1.82, 2.24) is 10.3 Å². The van der Waals surface area contributed by atoms with Crippen molar-refractivity contribution in [2.45, 2.75) is 38.1 Å². The molecule has 126 valence electrons. The zero-order chi connectivity index (χ0) is 17.3. The molecule has 1 aliphatic carbocycles. The number of carboxylic acid groups (broad SMARTS) is 1. The van der Waals surface area contributed by atoms with Crippen molar-refractivity contribution in [3.05, 3.63) is 41.8 Å². The number of aliphatic carboxylic acids is 1. The number of carbonyl (C=O) groups excluding carboxylic acids is 1. The fraction of sp³-hybridized carbons (Fsp3) is 0.389. The quantitative estimate of drug-likeness (QED) is 0.906. The largest absolute Gasteiger partial charge is 0.480 e. The Labute approximate surface area is 138 Å². The number of pyridine rings is 1. The molecule has 5 nitrogen and oxygen atoms in total. The van der Waals surface area contributed by atoms with Crippen LogP contribution >= 0.6 is 0 Å². The lowest BCUT2D eigenvalue weighted by Crippen LogP contribution is -2.56. The Balaban J connectivity index is 1.96. The molecule has 1 aromatic heterocycles. The van der Waals surface area contributed by atoms with Gasteiger partial charge in [0, 0.05) is 11.6 Å². The third-order valence-corrected chi connectivity index (χ3v) is 4.80. The Bertz CT molecular complexity index is 798. The molecular weight excluding hydrogens is 311 g/mol. The molecule has 2 N–H and O–H groups in total. The number of nitrogens with one attached hydrogen (secondary N) is 1. The molecule has 0 unspecified atom stereocenters. The molecule has 1 fully saturated rings. The van der Waals surface area contributed by atoms with Gasteiger partial charge in [-0.15, -0.1) is 0 Å². The van der Waals surface area contributed by atoms with Gasteiger partial charge in [0.25, 0.3) is 5.91 Å². The molecule has 0 aliphatic heterocycles. The summed E-state index contributed by atoms with van der Waals surface area (Å²) in [6.07, 6.45) is 3.72. The standard InChI is InChI=1S/C18H19FN2O3/c1-11-4-6-18(7-5-11,17(23)24)21-16(22)14-10-13(19)9-12-3-2-8-20-15(12)14/h2-3,8-11H,4-7H2,1H3,(H,21,22)(H,23,24). The normalized spacial score (nSPS) is 23.8. The van der Waals surface area contributed by atoms with Crippen LogP contribution in [0.5, 0.6) is 0 Å². The molecule has 1 amide bonds. The van der Waals surface area contributed by atoms with Gasteiger partial charge >= 0.3 is 5.97 Å². The number of nitrogens with zero attached hydrogens (tertiary/aromatic N) is 1. The summed E-state index contributed by atoms with van der Waals surface area (Å²) in [5.41, 5.74) is -0.872. The predicted molar refractivity (Wildman–Crippen MR) is 87.2 cm³/mol. The fourth-order valence-electron chi connectivity index (χ4n) is 3.26. The number of aromatic nitrogens is 1. The van der Waals surface area contributed by atoms with Crippen molar-refractivity contribution < 1.29 is 19.1 Å². The highest BCUT2D eigenvalue weighted by Crippen LogP contribution is 2.32. The number of halogens is 1. The molecule has 0 bridgehead atoms. The molecular formula is C18H19FN2O3. The van der Waals surface area contributed by atoms with E-state index >= 15 is 0 Å². The van der Waals surface area contributed by atoms with Gasteiger partial charge in [-0.1, -0.05) is 13.0 Å². The summed E-state index contributed by atoms with van der Waals surface area (Å²) in [5.74, 6) is -1.76. The van der Waals surface area contributed by atoms with Crippen LogP contribution in [0, 0.1) is 11.7 Å². The SMILES string of the molecule is CC1CCC(NC(=O)c2cc(F)cc3cccnc23)(C(=O)O)CC1. The molecule has 3 rings (SSSR count). The second kappa shape index (κ2) is 6.19. The molecule has 24 heavy (non-hydrogen) atoms. The maximum Gasteiger partial charge on any atom is 0.329 e. The Morgan fingerprint density at radius 3 is 2.71 bits per heavy atom. The van der Waals surface area contributed by atoms with E-state index < -0.39 is 23.2 Å². The maximum atomic E-state index is 13.8. The zero-order valence-electron chi connectivity index (χ0n) is 13.4. The van der Waals surface area contributed by atoms with Gasteiger partial charge in [-0.25, -0.2) is 9.18 Å². The number of fused-ring (bicyclic) bond motifs is 1. The average molecular weight is 330 g/mol. The summed E-state index contributed by atoms with van der Waals surface area (Å²) < 4.78 is 13.8. The molecule has 1 saturated carbocycles. The molecule has 1 aliphatic rings. The molecule has 0 saturated heterocycles. The van der Waals surface area contributed by atoms with Gasteiger partial charge in [0.15, 0.2) is 0 Å². The van der Waals surface area contributed by atoms with Crippen molar-refractivity contribution >= 4 is 22.8 Å². The van der Waals surface area contributed by atoms with Crippen LogP contribution in [0.3, 0.4) is 0 Å². The van der Waals surface area contributed by atoms with E-state index in [1.807, 2.05) is 0 Å². The third kappa shape index (κ3) is 2.96. The molecule has 1 heterocycles. The second-order valence-corrected chi connectivity index (χ2v) is 6.55. The molecule has 6 heteroatoms. The highest BCUT2D eigenvalue weighted by atomic mass is 19.1. The van der Waals surface area contributed by atoms with Gasteiger partial charge in [0.1, 0.15) is 11.4 Å². The Morgan fingerprint density at radius 2 is 2.04 bits per heavy atom. The van der Waals surface area contributed by atoms with Crippen LogP contribution in [-0.4, -0.2) is 27.5 Å². The van der Waals surface area contributed by atoms with Crippen LogP contribution in [0.1, 0.15) is 43.0 Å². The Hall–Kier alpha value is -2.50. The first-order chi connectivity index (χ1) is 11.4. The predicted octanol–water partition coefficient (Wildman–Crippen LogP) is 3.14. The highest BCUT2D eigenvalue weighted by molar-refractivity contribution is 6.07. The summed E-state index contributed by atoms with van der Waals surface area (Å²) in [7, 11) is 0. The van der Waals surface area contributed by atoms with Crippen molar-refractivity contribution in [2.24, 2.45) is 5.92 Å². The van der Waals surface area contributed by atoms with Crippen LogP contribution in [0.2, 0.25) is 0 Å². The summed E-state index contributed by atoms with van der Waals surface area (Å²) in [6, 6.07) is 5.72. The number of rotatable bonds is 3. The smallest absolute Gasteiger partial charge is 0.329 e. The average Bonchev–Trinajstić information content (AvgIpc) is 2.56. The van der Waals surface area contributed by atoms with Gasteiger partial charge in [0.05, 0.1) is 11.1 Å². The van der Waals surface area contributed by atoms with Gasteiger partial charge in [0.2, 0.25) is 0 Å². The van der Waals surface area contributed by atoms with E-state index in [0.29, 0.717) is 29.7 Å². The summed E-state index contributed by atoms with van der Waals surface area (Å²) >= 11 is 0. The minimum Gasteiger partial charge on any atom is -0.480 e.